The van der Waals surface area contributed by atoms with Crippen LogP contribution >= 0.6 is 0 Å². The Balaban J connectivity index is 2.38. The van der Waals surface area contributed by atoms with Crippen molar-refractivity contribution in [1.82, 2.24) is 4.31 Å². The van der Waals surface area contributed by atoms with E-state index in [-0.39, 0.29) is 19.0 Å². The topological polar surface area (TPSA) is 63.4 Å². The summed E-state index contributed by atoms with van der Waals surface area (Å²) in [6, 6.07) is 1.33. The minimum absolute atomic E-state index is 0.00290. The van der Waals surface area contributed by atoms with Crippen LogP contribution in [0.1, 0.15) is 6.42 Å². The van der Waals surface area contributed by atoms with Gasteiger partial charge in [0, 0.05) is 13.1 Å². The molecule has 0 aromatic heterocycles. The first-order valence-corrected chi connectivity index (χ1v) is 7.15. The van der Waals surface area contributed by atoms with Crippen LogP contribution in [0, 0.1) is 23.4 Å². The molecule has 1 aliphatic rings. The molecule has 106 valence electrons. The molecule has 0 amide bonds. The van der Waals surface area contributed by atoms with Crippen molar-refractivity contribution < 1.29 is 21.6 Å². The van der Waals surface area contributed by atoms with E-state index in [2.05, 4.69) is 0 Å². The number of sulfonamides is 1. The van der Waals surface area contributed by atoms with Gasteiger partial charge in [0.25, 0.3) is 0 Å². The third-order valence-electron chi connectivity index (χ3n) is 3.20. The van der Waals surface area contributed by atoms with Gasteiger partial charge in [-0.2, -0.15) is 4.31 Å². The highest BCUT2D eigenvalue weighted by atomic mass is 32.2. The van der Waals surface area contributed by atoms with Crippen LogP contribution in [0.15, 0.2) is 17.0 Å². The highest BCUT2D eigenvalue weighted by Crippen LogP contribution is 2.27. The van der Waals surface area contributed by atoms with Gasteiger partial charge < -0.3 is 5.73 Å². The van der Waals surface area contributed by atoms with Crippen LogP contribution < -0.4 is 5.73 Å². The molecular formula is C11H13F3N2O2S. The van der Waals surface area contributed by atoms with Gasteiger partial charge in [0.2, 0.25) is 10.0 Å². The van der Waals surface area contributed by atoms with Crippen molar-refractivity contribution in [2.24, 2.45) is 11.7 Å². The lowest BCUT2D eigenvalue weighted by Gasteiger charge is -2.17. The maximum absolute atomic E-state index is 13.5. The van der Waals surface area contributed by atoms with Gasteiger partial charge in [0.1, 0.15) is 4.90 Å². The Kier molecular flexibility index (Phi) is 3.84. The Morgan fingerprint density at radius 1 is 1.26 bits per heavy atom. The minimum Gasteiger partial charge on any atom is -0.330 e. The van der Waals surface area contributed by atoms with Gasteiger partial charge in [-0.3, -0.25) is 0 Å². The van der Waals surface area contributed by atoms with Gasteiger partial charge in [-0.15, -0.1) is 0 Å². The molecule has 1 aliphatic heterocycles. The minimum atomic E-state index is -4.16. The second kappa shape index (κ2) is 5.10. The van der Waals surface area contributed by atoms with Crippen molar-refractivity contribution in [2.45, 2.75) is 11.3 Å². The van der Waals surface area contributed by atoms with E-state index in [0.29, 0.717) is 19.0 Å². The van der Waals surface area contributed by atoms with Crippen LogP contribution in [0.4, 0.5) is 13.2 Å². The molecule has 1 fully saturated rings. The predicted octanol–water partition coefficient (Wildman–Crippen LogP) is 1.07. The highest BCUT2D eigenvalue weighted by Gasteiger charge is 2.34. The summed E-state index contributed by atoms with van der Waals surface area (Å²) in [6.45, 7) is 0.687. The molecule has 2 N–H and O–H groups in total. The SMILES string of the molecule is NC[C@H]1CCN(S(=O)(=O)c2ccc(F)c(F)c2F)C1. The molecule has 1 aromatic rings. The van der Waals surface area contributed by atoms with Gasteiger partial charge in [-0.1, -0.05) is 0 Å². The zero-order valence-electron chi connectivity index (χ0n) is 9.94. The van der Waals surface area contributed by atoms with E-state index in [1.807, 2.05) is 0 Å². The van der Waals surface area contributed by atoms with Crippen molar-refractivity contribution in [2.75, 3.05) is 19.6 Å². The third-order valence-corrected chi connectivity index (χ3v) is 5.08. The Bertz CT molecular complexity index is 592. The van der Waals surface area contributed by atoms with Gasteiger partial charge in [0.15, 0.2) is 17.5 Å². The summed E-state index contributed by atoms with van der Waals surface area (Å²) < 4.78 is 64.8. The first-order valence-electron chi connectivity index (χ1n) is 5.71. The smallest absolute Gasteiger partial charge is 0.246 e. The Labute approximate surface area is 109 Å². The monoisotopic (exact) mass is 294 g/mol. The number of nitrogens with two attached hydrogens (primary N) is 1. The fourth-order valence-corrected chi connectivity index (χ4v) is 3.64. The summed E-state index contributed by atoms with van der Waals surface area (Å²) in [4.78, 5) is -0.843. The molecule has 8 heteroatoms. The molecule has 1 atom stereocenters. The van der Waals surface area contributed by atoms with Crippen molar-refractivity contribution in [3.8, 4) is 0 Å². The van der Waals surface area contributed by atoms with Gasteiger partial charge in [-0.25, -0.2) is 21.6 Å². The van der Waals surface area contributed by atoms with E-state index in [1.165, 1.54) is 0 Å². The van der Waals surface area contributed by atoms with Crippen LogP contribution in [-0.4, -0.2) is 32.4 Å². The summed E-state index contributed by atoms with van der Waals surface area (Å²) in [6.07, 6.45) is 0.570. The largest absolute Gasteiger partial charge is 0.330 e. The third kappa shape index (κ3) is 2.47. The molecule has 1 saturated heterocycles. The number of nitrogens with zero attached hydrogens (tertiary/aromatic N) is 1. The fourth-order valence-electron chi connectivity index (χ4n) is 2.05. The molecule has 2 rings (SSSR count). The van der Waals surface area contributed by atoms with Crippen LogP contribution in [-0.2, 0) is 10.0 Å². The average molecular weight is 294 g/mol. The first kappa shape index (κ1) is 14.3. The van der Waals surface area contributed by atoms with Crippen LogP contribution in [0.2, 0.25) is 0 Å². The van der Waals surface area contributed by atoms with Crippen LogP contribution in [0.3, 0.4) is 0 Å². The Hall–Kier alpha value is -1.12. The van der Waals surface area contributed by atoms with E-state index < -0.39 is 32.4 Å². The zero-order chi connectivity index (χ0) is 14.2. The highest BCUT2D eigenvalue weighted by molar-refractivity contribution is 7.89. The van der Waals surface area contributed by atoms with E-state index in [0.717, 1.165) is 10.4 Å². The number of halogens is 3. The first-order chi connectivity index (χ1) is 8.87. The van der Waals surface area contributed by atoms with E-state index in [1.54, 1.807) is 0 Å². The van der Waals surface area contributed by atoms with Gasteiger partial charge in [0.05, 0.1) is 0 Å². The Morgan fingerprint density at radius 3 is 2.53 bits per heavy atom. The number of rotatable bonds is 3. The lowest BCUT2D eigenvalue weighted by Crippen LogP contribution is -2.30. The molecule has 0 unspecified atom stereocenters. The number of hydrogen-bond acceptors (Lipinski definition) is 3. The molecule has 0 spiro atoms. The molecular weight excluding hydrogens is 281 g/mol. The van der Waals surface area contributed by atoms with Crippen LogP contribution in [0.5, 0.6) is 0 Å². The number of hydrogen-bond donors (Lipinski definition) is 1. The summed E-state index contributed by atoms with van der Waals surface area (Å²) in [5.41, 5.74) is 5.45. The lowest BCUT2D eigenvalue weighted by molar-refractivity contribution is 0.420. The van der Waals surface area contributed by atoms with E-state index in [4.69, 9.17) is 5.73 Å². The molecule has 4 nitrogen and oxygen atoms in total. The standard InChI is InChI=1S/C11H13F3N2O2S/c12-8-1-2-9(11(14)10(8)13)19(17,18)16-4-3-7(5-15)6-16/h1-2,7H,3-6,15H2/t7-/m1/s1. The molecule has 19 heavy (non-hydrogen) atoms. The summed E-state index contributed by atoms with van der Waals surface area (Å²) in [5, 5.41) is 0. The van der Waals surface area contributed by atoms with E-state index in [9.17, 15) is 21.6 Å². The van der Waals surface area contributed by atoms with Gasteiger partial charge >= 0.3 is 0 Å². The van der Waals surface area contributed by atoms with Crippen molar-refractivity contribution in [3.63, 3.8) is 0 Å². The zero-order valence-corrected chi connectivity index (χ0v) is 10.8. The summed E-state index contributed by atoms with van der Waals surface area (Å²) >= 11 is 0. The lowest BCUT2D eigenvalue weighted by atomic mass is 10.1. The molecule has 0 saturated carbocycles. The van der Waals surface area contributed by atoms with Crippen molar-refractivity contribution >= 4 is 10.0 Å². The fraction of sp³-hybridized carbons (Fsp3) is 0.455. The summed E-state index contributed by atoms with van der Waals surface area (Å²) in [7, 11) is -4.16. The quantitative estimate of drug-likeness (QED) is 0.848. The second-order valence-corrected chi connectivity index (χ2v) is 6.33. The van der Waals surface area contributed by atoms with E-state index >= 15 is 0 Å². The van der Waals surface area contributed by atoms with Crippen molar-refractivity contribution in [3.05, 3.63) is 29.6 Å². The number of benzene rings is 1. The Morgan fingerprint density at radius 2 is 1.95 bits per heavy atom. The average Bonchev–Trinajstić information content (AvgIpc) is 2.85. The molecule has 1 heterocycles. The van der Waals surface area contributed by atoms with Crippen molar-refractivity contribution in [1.29, 1.82) is 0 Å². The normalized spacial score (nSPS) is 20.9. The van der Waals surface area contributed by atoms with Crippen LogP contribution in [0.25, 0.3) is 0 Å². The second-order valence-electron chi connectivity index (χ2n) is 4.43. The maximum atomic E-state index is 13.5. The summed E-state index contributed by atoms with van der Waals surface area (Å²) in [5.74, 6) is -4.88. The molecule has 0 aliphatic carbocycles. The molecule has 0 bridgehead atoms. The molecule has 0 radical (unpaired) electrons. The predicted molar refractivity (Wildman–Crippen MR) is 62.2 cm³/mol. The molecule has 1 aromatic carbocycles. The maximum Gasteiger partial charge on any atom is 0.246 e. The van der Waals surface area contributed by atoms with Gasteiger partial charge in [-0.05, 0) is 31.0 Å².